The van der Waals surface area contributed by atoms with Crippen molar-refractivity contribution >= 4 is 56.5 Å². The maximum Gasteiger partial charge on any atom is 0.293 e. The van der Waals surface area contributed by atoms with Gasteiger partial charge in [-0.15, -0.1) is 0 Å². The molecule has 2 rings (SSSR count). The summed E-state index contributed by atoms with van der Waals surface area (Å²) < 4.78 is 0.431. The number of phenols is 1. The second-order valence-corrected chi connectivity index (χ2v) is 6.04. The molecule has 0 aromatic heterocycles. The smallest absolute Gasteiger partial charge is 0.293 e. The number of phenolic OH excluding ortho intramolecular Hbond substituents is 1. The van der Waals surface area contributed by atoms with E-state index in [1.54, 1.807) is 13.0 Å². The predicted octanol–water partition coefficient (Wildman–Crippen LogP) is 3.86. The van der Waals surface area contributed by atoms with Crippen LogP contribution in [-0.4, -0.2) is 27.7 Å². The number of hydrogen-bond acceptors (Lipinski definition) is 4. The summed E-state index contributed by atoms with van der Waals surface area (Å²) >= 11 is 9.91. The summed E-state index contributed by atoms with van der Waals surface area (Å²) in [5.74, 6) is -0.374. The molecule has 1 aromatic rings. The van der Waals surface area contributed by atoms with Gasteiger partial charge in [-0.05, 0) is 52.8 Å². The molecule has 0 aliphatic carbocycles. The molecule has 1 N–H and O–H groups in total. The highest BCUT2D eigenvalue weighted by Gasteiger charge is 2.33. The molecule has 1 fully saturated rings. The number of aromatic hydroxyl groups is 1. The average Bonchev–Trinajstić information content (AvgIpc) is 2.60. The molecule has 0 spiro atoms. The van der Waals surface area contributed by atoms with E-state index in [4.69, 9.17) is 11.6 Å². The van der Waals surface area contributed by atoms with Crippen LogP contribution in [0.2, 0.25) is 5.02 Å². The van der Waals surface area contributed by atoms with Gasteiger partial charge in [-0.2, -0.15) is 0 Å². The molecule has 0 unspecified atom stereocenters. The minimum atomic E-state index is -0.354. The Labute approximate surface area is 127 Å². The number of benzene rings is 1. The van der Waals surface area contributed by atoms with Gasteiger partial charge in [-0.25, -0.2) is 0 Å². The van der Waals surface area contributed by atoms with E-state index < -0.39 is 0 Å². The molecule has 100 valence electrons. The van der Waals surface area contributed by atoms with Crippen LogP contribution in [-0.2, 0) is 4.79 Å². The zero-order chi connectivity index (χ0) is 14.2. The topological polar surface area (TPSA) is 57.6 Å². The van der Waals surface area contributed by atoms with Crippen LogP contribution in [0.3, 0.4) is 0 Å². The Bertz CT molecular complexity index is 603. The zero-order valence-electron chi connectivity index (χ0n) is 9.81. The molecular weight excluding hydrogens is 354 g/mol. The zero-order valence-corrected chi connectivity index (χ0v) is 13.0. The molecule has 2 amide bonds. The fourth-order valence-corrected chi connectivity index (χ4v) is 3.34. The summed E-state index contributed by atoms with van der Waals surface area (Å²) in [6.07, 6.45) is 1.46. The second kappa shape index (κ2) is 5.56. The summed E-state index contributed by atoms with van der Waals surface area (Å²) in [5, 5.41) is 10.0. The fourth-order valence-electron chi connectivity index (χ4n) is 1.61. The average molecular weight is 363 g/mol. The van der Waals surface area contributed by atoms with Gasteiger partial charge >= 0.3 is 0 Å². The molecular formula is C12H9BrClNO3S. The molecule has 0 bridgehead atoms. The Morgan fingerprint density at radius 3 is 2.74 bits per heavy atom. The van der Waals surface area contributed by atoms with Crippen molar-refractivity contribution in [3.8, 4) is 5.75 Å². The van der Waals surface area contributed by atoms with Crippen molar-refractivity contribution in [3.05, 3.63) is 32.1 Å². The molecule has 0 atom stereocenters. The van der Waals surface area contributed by atoms with Crippen LogP contribution in [0, 0.1) is 0 Å². The lowest BCUT2D eigenvalue weighted by Gasteiger charge is -2.07. The number of carbonyl (C=O) groups is 2. The van der Waals surface area contributed by atoms with E-state index in [9.17, 15) is 14.7 Å². The summed E-state index contributed by atoms with van der Waals surface area (Å²) in [7, 11) is 0. The third kappa shape index (κ3) is 2.80. The van der Waals surface area contributed by atoms with Gasteiger partial charge in [0.1, 0.15) is 5.75 Å². The summed E-state index contributed by atoms with van der Waals surface area (Å²) in [4.78, 5) is 24.9. The van der Waals surface area contributed by atoms with Crippen LogP contribution in [0.1, 0.15) is 12.5 Å². The van der Waals surface area contributed by atoms with Crippen LogP contribution in [0.4, 0.5) is 4.79 Å². The second-order valence-electron chi connectivity index (χ2n) is 3.75. The van der Waals surface area contributed by atoms with E-state index in [0.717, 1.165) is 16.7 Å². The molecule has 1 aliphatic rings. The van der Waals surface area contributed by atoms with Gasteiger partial charge in [0.05, 0.1) is 9.38 Å². The standard InChI is InChI=1S/C12H9BrClNO3S/c1-2-15-11(17)9(19-12(15)18)4-6-3-7(14)5-8(13)10(6)16/h3-5,16H,2H2,1H3/b9-4+. The monoisotopic (exact) mass is 361 g/mol. The highest BCUT2D eigenvalue weighted by Crippen LogP contribution is 2.37. The molecule has 19 heavy (non-hydrogen) atoms. The Kier molecular flexibility index (Phi) is 4.23. The number of imide groups is 1. The van der Waals surface area contributed by atoms with Crippen molar-refractivity contribution in [2.75, 3.05) is 6.54 Å². The lowest BCUT2D eigenvalue weighted by atomic mass is 10.2. The number of carbonyl (C=O) groups excluding carboxylic acids is 2. The summed E-state index contributed by atoms with van der Waals surface area (Å²) in [6.45, 7) is 2.06. The maximum absolute atomic E-state index is 11.9. The highest BCUT2D eigenvalue weighted by molar-refractivity contribution is 9.10. The normalized spacial score (nSPS) is 17.6. The summed E-state index contributed by atoms with van der Waals surface area (Å²) in [5.41, 5.74) is 0.390. The fraction of sp³-hybridized carbons (Fsp3) is 0.167. The predicted molar refractivity (Wildman–Crippen MR) is 79.2 cm³/mol. The van der Waals surface area contributed by atoms with Crippen molar-refractivity contribution in [2.24, 2.45) is 0 Å². The molecule has 1 saturated heterocycles. The van der Waals surface area contributed by atoms with Crippen LogP contribution in [0.15, 0.2) is 21.5 Å². The number of likely N-dealkylation sites (N-methyl/N-ethyl adjacent to an activating group) is 1. The Hall–Kier alpha value is -0.980. The van der Waals surface area contributed by atoms with E-state index in [-0.39, 0.29) is 21.8 Å². The Balaban J connectivity index is 2.43. The van der Waals surface area contributed by atoms with Crippen molar-refractivity contribution < 1.29 is 14.7 Å². The van der Waals surface area contributed by atoms with Crippen molar-refractivity contribution in [1.29, 1.82) is 0 Å². The first-order valence-corrected chi connectivity index (χ1v) is 7.36. The molecule has 1 heterocycles. The van der Waals surface area contributed by atoms with Gasteiger partial charge in [0.15, 0.2) is 0 Å². The van der Waals surface area contributed by atoms with Gasteiger partial charge in [0.2, 0.25) is 0 Å². The Morgan fingerprint density at radius 2 is 2.16 bits per heavy atom. The van der Waals surface area contributed by atoms with Gasteiger partial charge in [0, 0.05) is 17.1 Å². The number of nitrogens with zero attached hydrogens (tertiary/aromatic N) is 1. The minimum Gasteiger partial charge on any atom is -0.506 e. The SMILES string of the molecule is CCN1C(=O)S/C(=C/c2cc(Cl)cc(Br)c2O)C1=O. The quantitative estimate of drug-likeness (QED) is 0.812. The first-order valence-electron chi connectivity index (χ1n) is 5.37. The van der Waals surface area contributed by atoms with E-state index in [1.165, 1.54) is 12.1 Å². The van der Waals surface area contributed by atoms with E-state index in [0.29, 0.717) is 21.6 Å². The van der Waals surface area contributed by atoms with Crippen molar-refractivity contribution in [3.63, 3.8) is 0 Å². The number of hydrogen-bond donors (Lipinski definition) is 1. The van der Waals surface area contributed by atoms with E-state index in [1.807, 2.05) is 0 Å². The van der Waals surface area contributed by atoms with E-state index >= 15 is 0 Å². The lowest BCUT2D eigenvalue weighted by Crippen LogP contribution is -2.27. The van der Waals surface area contributed by atoms with Gasteiger partial charge in [0.25, 0.3) is 11.1 Å². The first-order chi connectivity index (χ1) is 8.93. The Morgan fingerprint density at radius 1 is 1.47 bits per heavy atom. The molecule has 0 radical (unpaired) electrons. The molecule has 1 aliphatic heterocycles. The maximum atomic E-state index is 11.9. The minimum absolute atomic E-state index is 0.0207. The summed E-state index contributed by atoms with van der Waals surface area (Å²) in [6, 6.07) is 3.08. The molecule has 7 heteroatoms. The number of halogens is 2. The lowest BCUT2D eigenvalue weighted by molar-refractivity contribution is -0.122. The largest absolute Gasteiger partial charge is 0.506 e. The molecule has 4 nitrogen and oxygen atoms in total. The highest BCUT2D eigenvalue weighted by atomic mass is 79.9. The van der Waals surface area contributed by atoms with Gasteiger partial charge in [-0.3, -0.25) is 14.5 Å². The third-order valence-corrected chi connectivity index (χ3v) is 4.26. The van der Waals surface area contributed by atoms with Crippen molar-refractivity contribution in [1.82, 2.24) is 4.90 Å². The van der Waals surface area contributed by atoms with Crippen molar-refractivity contribution in [2.45, 2.75) is 6.92 Å². The van der Waals surface area contributed by atoms with Crippen LogP contribution < -0.4 is 0 Å². The first kappa shape index (κ1) is 14.4. The van der Waals surface area contributed by atoms with E-state index in [2.05, 4.69) is 15.9 Å². The van der Waals surface area contributed by atoms with Gasteiger partial charge in [-0.1, -0.05) is 11.6 Å². The van der Waals surface area contributed by atoms with Gasteiger partial charge < -0.3 is 5.11 Å². The third-order valence-electron chi connectivity index (χ3n) is 2.53. The van der Waals surface area contributed by atoms with Crippen LogP contribution >= 0.6 is 39.3 Å². The molecule has 1 aromatic carbocycles. The van der Waals surface area contributed by atoms with Crippen LogP contribution in [0.25, 0.3) is 6.08 Å². The van der Waals surface area contributed by atoms with Crippen LogP contribution in [0.5, 0.6) is 5.75 Å². The number of thioether (sulfide) groups is 1. The number of rotatable bonds is 2. The molecule has 0 saturated carbocycles. The number of amides is 2.